The smallest absolute Gasteiger partial charge is 0.0440 e. The van der Waals surface area contributed by atoms with Crippen molar-refractivity contribution in [2.45, 2.75) is 39.5 Å². The molecule has 0 spiro atoms. The maximum absolute atomic E-state index is 6.19. The Morgan fingerprint density at radius 3 is 2.27 bits per heavy atom. The molecule has 1 aliphatic rings. The van der Waals surface area contributed by atoms with E-state index in [2.05, 4.69) is 32.9 Å². The van der Waals surface area contributed by atoms with Gasteiger partial charge in [0.25, 0.3) is 0 Å². The Morgan fingerprint density at radius 2 is 1.73 bits per heavy atom. The summed E-state index contributed by atoms with van der Waals surface area (Å²) in [5, 5.41) is 0.940. The summed E-state index contributed by atoms with van der Waals surface area (Å²) in [5.41, 5.74) is 1.80. The Hall–Kier alpha value is -0.490. The summed E-state index contributed by atoms with van der Waals surface area (Å²) in [6.45, 7) is 7.00. The second-order valence-corrected chi connectivity index (χ2v) is 6.16. The van der Waals surface area contributed by atoms with Crippen LogP contribution >= 0.6 is 11.6 Å². The average Bonchev–Trinajstić information content (AvgIpc) is 2.03. The highest BCUT2D eigenvalue weighted by Crippen LogP contribution is 2.50. The van der Waals surface area contributed by atoms with Crippen molar-refractivity contribution in [2.75, 3.05) is 0 Å². The molecule has 82 valence electrons. The molecule has 0 aliphatic heterocycles. The van der Waals surface area contributed by atoms with Crippen LogP contribution in [0.1, 0.15) is 45.1 Å². The van der Waals surface area contributed by atoms with Crippen LogP contribution in [0.15, 0.2) is 24.3 Å². The second-order valence-electron chi connectivity index (χ2n) is 5.75. The van der Waals surface area contributed by atoms with Crippen molar-refractivity contribution in [3.8, 4) is 0 Å². The van der Waals surface area contributed by atoms with Gasteiger partial charge in [-0.25, -0.2) is 0 Å². The minimum atomic E-state index is 0.456. The minimum Gasteiger partial charge on any atom is -0.0840 e. The summed E-state index contributed by atoms with van der Waals surface area (Å²) in [5.74, 6) is 1.56. The zero-order valence-corrected chi connectivity index (χ0v) is 10.5. The molecule has 0 saturated heterocycles. The third kappa shape index (κ3) is 2.20. The predicted octanol–water partition coefficient (Wildman–Crippen LogP) is 4.88. The lowest BCUT2D eigenvalue weighted by Gasteiger charge is -2.44. The average molecular weight is 223 g/mol. The molecule has 0 nitrogen and oxygen atoms in total. The molecule has 1 aromatic rings. The van der Waals surface area contributed by atoms with Crippen LogP contribution in [0.5, 0.6) is 0 Å². The highest BCUT2D eigenvalue weighted by atomic mass is 35.5. The van der Waals surface area contributed by atoms with Crippen molar-refractivity contribution in [1.82, 2.24) is 0 Å². The largest absolute Gasteiger partial charge is 0.0840 e. The molecule has 0 bridgehead atoms. The summed E-state index contributed by atoms with van der Waals surface area (Å²) in [7, 11) is 0. The topological polar surface area (TPSA) is 0 Å². The molecule has 1 aliphatic carbocycles. The number of hydrogen-bond donors (Lipinski definition) is 0. The van der Waals surface area contributed by atoms with Gasteiger partial charge in [-0.05, 0) is 41.7 Å². The first-order chi connectivity index (χ1) is 6.98. The van der Waals surface area contributed by atoms with E-state index in [1.807, 2.05) is 12.1 Å². The molecule has 0 atom stereocenters. The van der Waals surface area contributed by atoms with E-state index in [0.717, 1.165) is 10.9 Å². The van der Waals surface area contributed by atoms with Gasteiger partial charge in [0, 0.05) is 5.02 Å². The molecule has 1 saturated carbocycles. The van der Waals surface area contributed by atoms with E-state index in [-0.39, 0.29) is 0 Å². The molecule has 15 heavy (non-hydrogen) atoms. The highest BCUT2D eigenvalue weighted by molar-refractivity contribution is 6.31. The normalized spacial score (nSPS) is 26.1. The molecule has 0 radical (unpaired) electrons. The van der Waals surface area contributed by atoms with E-state index >= 15 is 0 Å². The summed E-state index contributed by atoms with van der Waals surface area (Å²) >= 11 is 6.19. The van der Waals surface area contributed by atoms with Crippen molar-refractivity contribution in [3.05, 3.63) is 34.9 Å². The van der Waals surface area contributed by atoms with Crippen LogP contribution in [0.3, 0.4) is 0 Å². The predicted molar refractivity (Wildman–Crippen MR) is 66.4 cm³/mol. The van der Waals surface area contributed by atoms with Crippen LogP contribution in [-0.2, 0) is 0 Å². The van der Waals surface area contributed by atoms with E-state index in [9.17, 15) is 0 Å². The van der Waals surface area contributed by atoms with Crippen molar-refractivity contribution in [2.24, 2.45) is 11.3 Å². The van der Waals surface area contributed by atoms with Crippen LogP contribution in [0.4, 0.5) is 0 Å². The van der Waals surface area contributed by atoms with Gasteiger partial charge in [-0.15, -0.1) is 0 Å². The van der Waals surface area contributed by atoms with Gasteiger partial charge in [0.05, 0.1) is 0 Å². The Morgan fingerprint density at radius 1 is 1.13 bits per heavy atom. The molecule has 0 amide bonds. The van der Waals surface area contributed by atoms with Crippen LogP contribution in [0.25, 0.3) is 0 Å². The van der Waals surface area contributed by atoms with Gasteiger partial charge in [-0.1, -0.05) is 50.6 Å². The Kier molecular flexibility index (Phi) is 2.81. The summed E-state index contributed by atoms with van der Waals surface area (Å²) in [6, 6.07) is 8.27. The summed E-state index contributed by atoms with van der Waals surface area (Å²) in [6.07, 6.45) is 2.60. The third-order valence-electron chi connectivity index (χ3n) is 3.71. The fourth-order valence-electron chi connectivity index (χ4n) is 2.39. The molecule has 0 aromatic heterocycles. The van der Waals surface area contributed by atoms with Gasteiger partial charge < -0.3 is 0 Å². The highest BCUT2D eigenvalue weighted by Gasteiger charge is 2.38. The van der Waals surface area contributed by atoms with Crippen molar-refractivity contribution < 1.29 is 0 Å². The maximum atomic E-state index is 6.19. The van der Waals surface area contributed by atoms with Crippen molar-refractivity contribution in [3.63, 3.8) is 0 Å². The minimum absolute atomic E-state index is 0.456. The monoisotopic (exact) mass is 222 g/mol. The molecule has 1 heteroatoms. The molecule has 0 heterocycles. The van der Waals surface area contributed by atoms with Gasteiger partial charge in [-0.2, -0.15) is 0 Å². The second kappa shape index (κ2) is 3.83. The van der Waals surface area contributed by atoms with Crippen LogP contribution in [0.2, 0.25) is 5.02 Å². The standard InChI is InChI=1S/C14H19Cl/c1-14(2,3)11-8-10(9-11)12-6-4-5-7-13(12)15/h4-7,10-11H,8-9H2,1-3H3. The quantitative estimate of drug-likeness (QED) is 0.635. The van der Waals surface area contributed by atoms with Gasteiger partial charge >= 0.3 is 0 Å². The zero-order valence-electron chi connectivity index (χ0n) is 9.76. The van der Waals surface area contributed by atoms with E-state index in [4.69, 9.17) is 11.6 Å². The SMILES string of the molecule is CC(C)(C)C1CC(c2ccccc2Cl)C1. The third-order valence-corrected chi connectivity index (χ3v) is 4.05. The van der Waals surface area contributed by atoms with Gasteiger partial charge in [0.15, 0.2) is 0 Å². The van der Waals surface area contributed by atoms with Crippen LogP contribution < -0.4 is 0 Å². The fraction of sp³-hybridized carbons (Fsp3) is 0.571. The Balaban J connectivity index is 2.04. The molecular formula is C14H19Cl. The zero-order chi connectivity index (χ0) is 11.1. The molecule has 1 fully saturated rings. The first-order valence-electron chi connectivity index (χ1n) is 5.73. The lowest BCUT2D eigenvalue weighted by atomic mass is 9.61. The number of hydrogen-bond acceptors (Lipinski definition) is 0. The fourth-order valence-corrected chi connectivity index (χ4v) is 2.68. The number of rotatable bonds is 1. The molecule has 2 rings (SSSR count). The Labute approximate surface area is 97.6 Å². The number of benzene rings is 1. The Bertz CT molecular complexity index is 343. The van der Waals surface area contributed by atoms with Crippen molar-refractivity contribution in [1.29, 1.82) is 0 Å². The van der Waals surface area contributed by atoms with E-state index in [1.54, 1.807) is 0 Å². The van der Waals surface area contributed by atoms with E-state index in [0.29, 0.717) is 11.3 Å². The van der Waals surface area contributed by atoms with Crippen LogP contribution in [-0.4, -0.2) is 0 Å². The van der Waals surface area contributed by atoms with Gasteiger partial charge in [0.2, 0.25) is 0 Å². The first-order valence-corrected chi connectivity index (χ1v) is 6.10. The van der Waals surface area contributed by atoms with Crippen molar-refractivity contribution >= 4 is 11.6 Å². The molecular weight excluding hydrogens is 204 g/mol. The van der Waals surface area contributed by atoms with Crippen LogP contribution in [0, 0.1) is 11.3 Å². The first kappa shape index (κ1) is 11.0. The van der Waals surface area contributed by atoms with E-state index in [1.165, 1.54) is 18.4 Å². The summed E-state index contributed by atoms with van der Waals surface area (Å²) in [4.78, 5) is 0. The van der Waals surface area contributed by atoms with Gasteiger partial charge in [0.1, 0.15) is 0 Å². The molecule has 1 aromatic carbocycles. The van der Waals surface area contributed by atoms with Gasteiger partial charge in [-0.3, -0.25) is 0 Å². The van der Waals surface area contributed by atoms with E-state index < -0.39 is 0 Å². The lowest BCUT2D eigenvalue weighted by Crippen LogP contribution is -2.32. The number of halogens is 1. The molecule has 0 N–H and O–H groups in total. The summed E-state index contributed by atoms with van der Waals surface area (Å²) < 4.78 is 0. The lowest BCUT2D eigenvalue weighted by molar-refractivity contribution is 0.115. The maximum Gasteiger partial charge on any atom is 0.0440 e. The molecule has 0 unspecified atom stereocenters.